The molecule has 5 atom stereocenters. The number of H-pyrrole nitrogens is 1. The first-order valence-corrected chi connectivity index (χ1v) is 18.5. The Morgan fingerprint density at radius 2 is 1.26 bits per heavy atom. The number of rotatable bonds is 19. The van der Waals surface area contributed by atoms with E-state index in [4.69, 9.17) is 9.47 Å². The number of hydrogen-bond donors (Lipinski definition) is 8. The summed E-state index contributed by atoms with van der Waals surface area (Å²) in [4.78, 5) is 82.6. The van der Waals surface area contributed by atoms with Crippen molar-refractivity contribution in [2.75, 3.05) is 13.7 Å². The first-order valence-electron chi connectivity index (χ1n) is 18.5. The van der Waals surface area contributed by atoms with Crippen LogP contribution in [0.25, 0.3) is 10.9 Å². The van der Waals surface area contributed by atoms with Gasteiger partial charge in [-0.15, -0.1) is 0 Å². The van der Waals surface area contributed by atoms with Crippen LogP contribution >= 0.6 is 0 Å². The summed E-state index contributed by atoms with van der Waals surface area (Å²) in [5.41, 5.74) is 2.73. The third-order valence-electron chi connectivity index (χ3n) is 9.01. The van der Waals surface area contributed by atoms with Gasteiger partial charge in [0, 0.05) is 29.9 Å². The molecule has 0 aliphatic rings. The third kappa shape index (κ3) is 13.1. The number of fused-ring (bicyclic) bond motifs is 1. The van der Waals surface area contributed by atoms with Crippen molar-refractivity contribution in [1.82, 2.24) is 31.6 Å². The number of phenolic OH excluding ortho intramolecular Hbond substituents is 1. The van der Waals surface area contributed by atoms with Crippen molar-refractivity contribution in [2.24, 2.45) is 5.92 Å². The van der Waals surface area contributed by atoms with Crippen molar-refractivity contribution in [2.45, 2.75) is 76.8 Å². The molecular formula is C41H50N6O10. The number of methoxy groups -OCH3 is 1. The van der Waals surface area contributed by atoms with Crippen LogP contribution in [0, 0.1) is 5.92 Å². The van der Waals surface area contributed by atoms with Crippen LogP contribution in [0.15, 0.2) is 85.1 Å². The van der Waals surface area contributed by atoms with Crippen molar-refractivity contribution < 1.29 is 48.5 Å². The molecule has 1 heterocycles. The topological polar surface area (TPSA) is 237 Å². The molecule has 5 amide bonds. The molecule has 0 unspecified atom stereocenters. The normalized spacial score (nSPS) is 13.6. The molecule has 3 aromatic carbocycles. The second kappa shape index (κ2) is 21.0. The molecule has 0 aliphatic carbocycles. The maximum atomic E-state index is 13.8. The molecule has 16 heteroatoms. The van der Waals surface area contributed by atoms with Crippen molar-refractivity contribution in [1.29, 1.82) is 0 Å². The average molecular weight is 787 g/mol. The number of hydrogen-bond acceptors (Lipinski definition) is 10. The number of carbonyl (C=O) groups excluding carboxylic acids is 6. The van der Waals surface area contributed by atoms with E-state index in [2.05, 4.69) is 31.6 Å². The fourth-order valence-corrected chi connectivity index (χ4v) is 5.96. The van der Waals surface area contributed by atoms with Crippen molar-refractivity contribution >= 4 is 46.6 Å². The summed E-state index contributed by atoms with van der Waals surface area (Å²) in [6, 6.07) is 15.8. The summed E-state index contributed by atoms with van der Waals surface area (Å²) in [6.07, 6.45) is 0.963. The van der Waals surface area contributed by atoms with Gasteiger partial charge in [-0.25, -0.2) is 9.59 Å². The smallest absolute Gasteiger partial charge is 0.408 e. The maximum Gasteiger partial charge on any atom is 0.408 e. The minimum absolute atomic E-state index is 0.0180. The van der Waals surface area contributed by atoms with Gasteiger partial charge in [0.25, 0.3) is 0 Å². The highest BCUT2D eigenvalue weighted by Gasteiger charge is 2.32. The lowest BCUT2D eigenvalue weighted by Gasteiger charge is -2.26. The first kappa shape index (κ1) is 43.3. The van der Waals surface area contributed by atoms with Crippen LogP contribution in [0.5, 0.6) is 5.75 Å². The molecule has 1 aromatic heterocycles. The van der Waals surface area contributed by atoms with Gasteiger partial charge in [-0.05, 0) is 54.2 Å². The van der Waals surface area contributed by atoms with Crippen molar-refractivity contribution in [3.63, 3.8) is 0 Å². The number of phenols is 1. The standard InChI is InChI=1S/C41H50N6O10/c1-24(2)18-34(40(54)56-4)45-36(50)25(3)43-37(51)32(19-26-14-16-29(49)17-15-26)44-39(53)35(22-48)46-38(52)33(20-28-21-42-31-13-9-8-12-30(28)31)47-41(55)57-23-27-10-6-5-7-11-27/h5-17,21,24-25,32-35,42,48-49H,18-20,22-23H2,1-4H3,(H,43,51)(H,44,53)(H,45,50)(H,46,52)(H,47,55)/t25-,32+,33+,34+,35+/m1/s1. The van der Waals surface area contributed by atoms with Crippen molar-refractivity contribution in [3.05, 3.63) is 102 Å². The van der Waals surface area contributed by atoms with E-state index in [9.17, 15) is 39.0 Å². The molecule has 57 heavy (non-hydrogen) atoms. The van der Waals surface area contributed by atoms with Gasteiger partial charge in [0.05, 0.1) is 13.7 Å². The summed E-state index contributed by atoms with van der Waals surface area (Å²) in [5, 5.41) is 33.6. The van der Waals surface area contributed by atoms with E-state index >= 15 is 0 Å². The number of esters is 1. The minimum Gasteiger partial charge on any atom is -0.508 e. The molecule has 0 bridgehead atoms. The van der Waals surface area contributed by atoms with Gasteiger partial charge in [0.15, 0.2) is 0 Å². The van der Waals surface area contributed by atoms with E-state index in [1.807, 2.05) is 44.2 Å². The lowest BCUT2D eigenvalue weighted by atomic mass is 10.0. The number of nitrogens with one attached hydrogen (secondary N) is 6. The van der Waals surface area contributed by atoms with Gasteiger partial charge in [-0.2, -0.15) is 0 Å². The zero-order chi connectivity index (χ0) is 41.5. The Kier molecular flexibility index (Phi) is 16.0. The average Bonchev–Trinajstić information content (AvgIpc) is 3.61. The van der Waals surface area contributed by atoms with Gasteiger partial charge in [-0.1, -0.05) is 74.5 Å². The van der Waals surface area contributed by atoms with Gasteiger partial charge < -0.3 is 51.3 Å². The number of aliphatic hydroxyl groups is 1. The summed E-state index contributed by atoms with van der Waals surface area (Å²) in [7, 11) is 1.20. The summed E-state index contributed by atoms with van der Waals surface area (Å²) in [6.45, 7) is 4.19. The fraction of sp³-hybridized carbons (Fsp3) is 0.366. The molecule has 0 fully saturated rings. The van der Waals surface area contributed by atoms with Crippen LogP contribution in [-0.4, -0.2) is 94.8 Å². The lowest BCUT2D eigenvalue weighted by Crippen LogP contribution is -2.59. The van der Waals surface area contributed by atoms with Crippen LogP contribution in [0.1, 0.15) is 43.9 Å². The third-order valence-corrected chi connectivity index (χ3v) is 9.01. The van der Waals surface area contributed by atoms with E-state index in [0.29, 0.717) is 17.5 Å². The maximum absolute atomic E-state index is 13.8. The van der Waals surface area contributed by atoms with Gasteiger partial charge in [0.1, 0.15) is 42.6 Å². The molecule has 4 rings (SSSR count). The Hall–Kier alpha value is -6.42. The highest BCUT2D eigenvalue weighted by atomic mass is 16.5. The zero-order valence-electron chi connectivity index (χ0n) is 32.2. The molecule has 0 saturated heterocycles. The number of alkyl carbamates (subject to hydrolysis) is 1. The number of aromatic amines is 1. The molecule has 304 valence electrons. The van der Waals surface area contributed by atoms with Gasteiger partial charge >= 0.3 is 12.1 Å². The Morgan fingerprint density at radius 1 is 0.667 bits per heavy atom. The number of aromatic nitrogens is 1. The van der Waals surface area contributed by atoms with Crippen LogP contribution < -0.4 is 26.6 Å². The first-order chi connectivity index (χ1) is 27.3. The Labute approximate surface area is 330 Å². The van der Waals surface area contributed by atoms with Gasteiger partial charge in [0.2, 0.25) is 23.6 Å². The molecule has 0 saturated carbocycles. The second-order valence-electron chi connectivity index (χ2n) is 13.9. The predicted molar refractivity (Wildman–Crippen MR) is 209 cm³/mol. The molecule has 4 aromatic rings. The van der Waals surface area contributed by atoms with Crippen molar-refractivity contribution in [3.8, 4) is 5.75 Å². The number of benzene rings is 3. The number of aliphatic hydroxyl groups excluding tert-OH is 1. The summed E-state index contributed by atoms with van der Waals surface area (Å²) >= 11 is 0. The summed E-state index contributed by atoms with van der Waals surface area (Å²) in [5.74, 6) is -3.87. The Balaban J connectivity index is 1.50. The zero-order valence-corrected chi connectivity index (χ0v) is 32.2. The van der Waals surface area contributed by atoms with E-state index in [1.54, 1.807) is 30.5 Å². The molecule has 0 aliphatic heterocycles. The predicted octanol–water partition coefficient (Wildman–Crippen LogP) is 2.12. The quantitative estimate of drug-likeness (QED) is 0.0645. The molecular weight excluding hydrogens is 736 g/mol. The van der Waals surface area contributed by atoms with Crippen LogP contribution in [0.2, 0.25) is 0 Å². The van der Waals surface area contributed by atoms with E-state index in [1.165, 1.54) is 38.3 Å². The molecule has 0 spiro atoms. The number of para-hydroxylation sites is 1. The lowest BCUT2D eigenvalue weighted by molar-refractivity contribution is -0.145. The second-order valence-corrected chi connectivity index (χ2v) is 13.9. The van der Waals surface area contributed by atoms with Crippen LogP contribution in [0.3, 0.4) is 0 Å². The molecule has 0 radical (unpaired) electrons. The number of aromatic hydroxyl groups is 1. The van der Waals surface area contributed by atoms with Crippen LogP contribution in [0.4, 0.5) is 4.79 Å². The SMILES string of the molecule is COC(=O)[C@H](CC(C)C)NC(=O)[C@@H](C)NC(=O)[C@H](Cc1ccc(O)cc1)NC(=O)[C@H](CO)NC(=O)[C@H](Cc1c[nH]c2ccccc12)NC(=O)OCc1ccccc1. The van der Waals surface area contributed by atoms with E-state index < -0.39 is 72.5 Å². The number of amides is 5. The van der Waals surface area contributed by atoms with E-state index in [0.717, 1.165) is 16.5 Å². The minimum atomic E-state index is -1.59. The van der Waals surface area contributed by atoms with E-state index in [-0.39, 0.29) is 31.1 Å². The highest BCUT2D eigenvalue weighted by molar-refractivity contribution is 5.96. The fourth-order valence-electron chi connectivity index (χ4n) is 5.96. The van der Waals surface area contributed by atoms with Crippen LogP contribution in [-0.2, 0) is 52.9 Å². The highest BCUT2D eigenvalue weighted by Crippen LogP contribution is 2.20. The summed E-state index contributed by atoms with van der Waals surface area (Å²) < 4.78 is 10.2. The number of carbonyl (C=O) groups is 6. The Bertz CT molecular complexity index is 1980. The monoisotopic (exact) mass is 786 g/mol. The van der Waals surface area contributed by atoms with Gasteiger partial charge in [-0.3, -0.25) is 19.2 Å². The Morgan fingerprint density at radius 3 is 1.93 bits per heavy atom. The molecule has 8 N–H and O–H groups in total. The largest absolute Gasteiger partial charge is 0.508 e. The number of ether oxygens (including phenoxy) is 2. The molecule has 16 nitrogen and oxygen atoms in total.